The molecule has 1 rings (SSSR count). The van der Waals surface area contributed by atoms with E-state index in [2.05, 4.69) is 34.6 Å². The molecule has 0 radical (unpaired) electrons. The summed E-state index contributed by atoms with van der Waals surface area (Å²) >= 11 is 0. The van der Waals surface area contributed by atoms with Crippen LogP contribution in [0.25, 0.3) is 0 Å². The molecule has 0 saturated carbocycles. The van der Waals surface area contributed by atoms with Gasteiger partial charge in [-0.1, -0.05) is 19.0 Å². The van der Waals surface area contributed by atoms with Crippen molar-refractivity contribution >= 4 is 11.9 Å². The smallest absolute Gasteiger partial charge is 0.243 e. The first kappa shape index (κ1) is 23.0. The number of ether oxygens (including phenoxy) is 1. The summed E-state index contributed by atoms with van der Waals surface area (Å²) in [6, 6.07) is 1.99. The molecule has 1 amide bonds. The lowest BCUT2D eigenvalue weighted by Crippen LogP contribution is -2.38. The van der Waals surface area contributed by atoms with Gasteiger partial charge in [0.1, 0.15) is 6.54 Å². The van der Waals surface area contributed by atoms with Crippen molar-refractivity contribution in [1.29, 1.82) is 0 Å². The fraction of sp³-hybridized carbons (Fsp3) is 0.737. The monoisotopic (exact) mass is 381 g/mol. The third-order valence-corrected chi connectivity index (χ3v) is 4.24. The number of aliphatic imine (C=N–C) groups is 1. The molecule has 0 aliphatic carbocycles. The van der Waals surface area contributed by atoms with Crippen LogP contribution in [0.4, 0.5) is 0 Å². The average Bonchev–Trinajstić information content (AvgIpc) is 3.12. The van der Waals surface area contributed by atoms with E-state index in [1.165, 1.54) is 4.90 Å². The average molecular weight is 382 g/mol. The molecular formula is C19H35N5O3. The molecule has 2 N–H and O–H groups in total. The Kier molecular flexibility index (Phi) is 11.2. The molecule has 0 atom stereocenters. The number of rotatable bonds is 12. The van der Waals surface area contributed by atoms with E-state index in [0.717, 1.165) is 30.7 Å². The van der Waals surface area contributed by atoms with Gasteiger partial charge in [0.05, 0.1) is 12.2 Å². The molecule has 8 heteroatoms. The number of likely N-dealkylation sites (N-methyl/N-ethyl adjacent to an activating group) is 1. The summed E-state index contributed by atoms with van der Waals surface area (Å²) in [7, 11) is 3.43. The highest BCUT2D eigenvalue weighted by molar-refractivity contribution is 5.84. The Morgan fingerprint density at radius 2 is 2.04 bits per heavy atom. The van der Waals surface area contributed by atoms with Crippen LogP contribution in [0.5, 0.6) is 0 Å². The van der Waals surface area contributed by atoms with Crippen molar-refractivity contribution in [1.82, 2.24) is 20.7 Å². The van der Waals surface area contributed by atoms with Gasteiger partial charge in [-0.15, -0.1) is 0 Å². The summed E-state index contributed by atoms with van der Waals surface area (Å²) in [5.41, 5.74) is 0.989. The topological polar surface area (TPSA) is 92.0 Å². The van der Waals surface area contributed by atoms with Gasteiger partial charge < -0.3 is 24.8 Å². The van der Waals surface area contributed by atoms with E-state index in [4.69, 9.17) is 9.26 Å². The minimum atomic E-state index is -0.0545. The number of amides is 1. The first-order valence-corrected chi connectivity index (χ1v) is 9.77. The Morgan fingerprint density at radius 3 is 2.67 bits per heavy atom. The Balaban J connectivity index is 2.61. The summed E-state index contributed by atoms with van der Waals surface area (Å²) in [6.45, 7) is 8.93. The van der Waals surface area contributed by atoms with Gasteiger partial charge in [-0.3, -0.25) is 4.79 Å². The highest BCUT2D eigenvalue weighted by atomic mass is 16.5. The summed E-state index contributed by atoms with van der Waals surface area (Å²) in [6.07, 6.45) is 2.94. The van der Waals surface area contributed by atoms with Crippen LogP contribution in [0.1, 0.15) is 57.4 Å². The number of nitrogens with zero attached hydrogens (tertiary/aromatic N) is 3. The summed E-state index contributed by atoms with van der Waals surface area (Å²) in [4.78, 5) is 17.7. The molecule has 0 bridgehead atoms. The fourth-order valence-corrected chi connectivity index (χ4v) is 2.47. The molecule has 0 fully saturated rings. The second kappa shape index (κ2) is 13.1. The number of nitrogens with one attached hydrogen (secondary N) is 2. The van der Waals surface area contributed by atoms with Gasteiger partial charge in [0.2, 0.25) is 5.91 Å². The molecule has 154 valence electrons. The Hall–Kier alpha value is -2.09. The Morgan fingerprint density at radius 1 is 1.30 bits per heavy atom. The zero-order valence-electron chi connectivity index (χ0n) is 17.4. The van der Waals surface area contributed by atoms with E-state index >= 15 is 0 Å². The van der Waals surface area contributed by atoms with Crippen molar-refractivity contribution in [3.8, 4) is 0 Å². The molecule has 0 unspecified atom stereocenters. The van der Waals surface area contributed by atoms with E-state index in [0.29, 0.717) is 38.2 Å². The zero-order chi connectivity index (χ0) is 20.1. The number of carbonyl (C=O) groups is 1. The maximum Gasteiger partial charge on any atom is 0.243 e. The van der Waals surface area contributed by atoms with E-state index in [1.54, 1.807) is 14.1 Å². The van der Waals surface area contributed by atoms with Crippen LogP contribution in [0, 0.1) is 0 Å². The standard InChI is InChI=1S/C19H35N5O3/c1-6-15(7-2)17-12-16(27-23-17)13-21-19(20-10-9-11-26-8-3)22-14-18(25)24(4)5/h12,15H,6-11,13-14H2,1-5H3,(H2,20,21,22). The molecule has 27 heavy (non-hydrogen) atoms. The van der Waals surface area contributed by atoms with Gasteiger partial charge in [-0.05, 0) is 26.2 Å². The lowest BCUT2D eigenvalue weighted by Gasteiger charge is -2.13. The maximum atomic E-state index is 11.8. The Labute approximate surface area is 162 Å². The van der Waals surface area contributed by atoms with Crippen molar-refractivity contribution < 1.29 is 14.1 Å². The predicted molar refractivity (Wildman–Crippen MR) is 107 cm³/mol. The van der Waals surface area contributed by atoms with Crippen LogP contribution in [0.3, 0.4) is 0 Å². The van der Waals surface area contributed by atoms with E-state index in [-0.39, 0.29) is 12.5 Å². The SMILES string of the molecule is CCOCCCNC(=NCC(=O)N(C)C)NCc1cc(C(CC)CC)no1. The van der Waals surface area contributed by atoms with Crippen molar-refractivity contribution in [2.24, 2.45) is 4.99 Å². The highest BCUT2D eigenvalue weighted by Crippen LogP contribution is 2.22. The normalized spacial score (nSPS) is 11.7. The zero-order valence-corrected chi connectivity index (χ0v) is 17.4. The Bertz CT molecular complexity index is 567. The number of guanidine groups is 1. The quantitative estimate of drug-likeness (QED) is 0.327. The fourth-order valence-electron chi connectivity index (χ4n) is 2.47. The van der Waals surface area contributed by atoms with Crippen molar-refractivity contribution in [2.45, 2.75) is 52.5 Å². The van der Waals surface area contributed by atoms with E-state index in [9.17, 15) is 4.79 Å². The van der Waals surface area contributed by atoms with Crippen LogP contribution in [0.15, 0.2) is 15.6 Å². The lowest BCUT2D eigenvalue weighted by molar-refractivity contribution is -0.127. The van der Waals surface area contributed by atoms with Gasteiger partial charge >= 0.3 is 0 Å². The van der Waals surface area contributed by atoms with Gasteiger partial charge in [0.15, 0.2) is 11.7 Å². The number of hydrogen-bond acceptors (Lipinski definition) is 5. The van der Waals surface area contributed by atoms with Crippen LogP contribution in [0.2, 0.25) is 0 Å². The molecule has 8 nitrogen and oxygen atoms in total. The molecule has 0 aromatic carbocycles. The van der Waals surface area contributed by atoms with Gasteiger partial charge in [0.25, 0.3) is 0 Å². The third-order valence-electron chi connectivity index (χ3n) is 4.24. The number of aromatic nitrogens is 1. The van der Waals surface area contributed by atoms with Crippen molar-refractivity contribution in [2.75, 3.05) is 40.4 Å². The van der Waals surface area contributed by atoms with Crippen molar-refractivity contribution in [3.63, 3.8) is 0 Å². The first-order valence-electron chi connectivity index (χ1n) is 9.77. The lowest BCUT2D eigenvalue weighted by atomic mass is 9.99. The molecule has 1 aromatic rings. The van der Waals surface area contributed by atoms with E-state index < -0.39 is 0 Å². The molecule has 0 aliphatic rings. The minimum absolute atomic E-state index is 0.0545. The summed E-state index contributed by atoms with van der Waals surface area (Å²) in [5, 5.41) is 10.6. The van der Waals surface area contributed by atoms with Crippen LogP contribution in [-0.2, 0) is 16.1 Å². The molecule has 0 spiro atoms. The number of carbonyl (C=O) groups excluding carboxylic acids is 1. The molecule has 1 aromatic heterocycles. The van der Waals surface area contributed by atoms with E-state index in [1.807, 2.05) is 13.0 Å². The summed E-state index contributed by atoms with van der Waals surface area (Å²) in [5.74, 6) is 1.69. The second-order valence-electron chi connectivity index (χ2n) is 6.52. The third kappa shape index (κ3) is 8.90. The number of hydrogen-bond donors (Lipinski definition) is 2. The van der Waals surface area contributed by atoms with Crippen LogP contribution >= 0.6 is 0 Å². The van der Waals surface area contributed by atoms with Gasteiger partial charge in [0, 0.05) is 45.8 Å². The first-order chi connectivity index (χ1) is 13.0. The highest BCUT2D eigenvalue weighted by Gasteiger charge is 2.13. The van der Waals surface area contributed by atoms with Gasteiger partial charge in [-0.25, -0.2) is 4.99 Å². The maximum absolute atomic E-state index is 11.8. The molecular weight excluding hydrogens is 346 g/mol. The van der Waals surface area contributed by atoms with Gasteiger partial charge in [-0.2, -0.15) is 0 Å². The largest absolute Gasteiger partial charge is 0.382 e. The van der Waals surface area contributed by atoms with Crippen molar-refractivity contribution in [3.05, 3.63) is 17.5 Å². The second-order valence-corrected chi connectivity index (χ2v) is 6.52. The molecule has 0 saturated heterocycles. The predicted octanol–water partition coefficient (Wildman–Crippen LogP) is 2.13. The minimum Gasteiger partial charge on any atom is -0.382 e. The molecule has 0 aliphatic heterocycles. The molecule has 1 heterocycles. The van der Waals surface area contributed by atoms with Crippen LogP contribution in [-0.4, -0.2) is 62.3 Å². The van der Waals surface area contributed by atoms with Crippen LogP contribution < -0.4 is 10.6 Å². The summed E-state index contributed by atoms with van der Waals surface area (Å²) < 4.78 is 10.8.